The van der Waals surface area contributed by atoms with Crippen LogP contribution in [0.15, 0.2) is 231 Å². The molecule has 0 spiro atoms. The Morgan fingerprint density at radius 1 is 0.333 bits per heavy atom. The smallest absolute Gasteiger partial charge is 0.135 e. The molecular weight excluding hydrogens is 761 g/mol. The number of ether oxygens (including phenoxy) is 1. The number of rotatable bonds is 5. The minimum atomic E-state index is -0.160. The molecule has 2 aliphatic rings. The third-order valence-electron chi connectivity index (χ3n) is 13.6. The third-order valence-corrected chi connectivity index (χ3v) is 13.6. The van der Waals surface area contributed by atoms with Crippen molar-refractivity contribution in [3.8, 4) is 50.3 Å². The second-order valence-electron chi connectivity index (χ2n) is 17.0. The van der Waals surface area contributed by atoms with Crippen molar-refractivity contribution in [3.63, 3.8) is 0 Å². The molecule has 1 heterocycles. The number of benzene rings is 11. The molecule has 2 unspecified atom stereocenters. The average Bonchev–Trinajstić information content (AvgIpc) is 3.73. The molecule has 11 aromatic rings. The highest BCUT2D eigenvalue weighted by Gasteiger charge is 2.38. The summed E-state index contributed by atoms with van der Waals surface area (Å²) in [6, 6.07) is 77.8. The van der Waals surface area contributed by atoms with Crippen LogP contribution >= 0.6 is 0 Å². The molecule has 0 amide bonds. The monoisotopic (exact) mass is 800 g/mol. The molecule has 294 valence electrons. The zero-order chi connectivity index (χ0) is 41.4. The van der Waals surface area contributed by atoms with E-state index in [-0.39, 0.29) is 12.0 Å². The lowest BCUT2D eigenvalue weighted by molar-refractivity contribution is 0.278. The van der Waals surface area contributed by atoms with Crippen LogP contribution in [0.2, 0.25) is 0 Å². The summed E-state index contributed by atoms with van der Waals surface area (Å²) in [6.07, 6.45) is 6.73. The first-order valence-electron chi connectivity index (χ1n) is 22.0. The standard InChI is InChI=1S/C62H40O/c1-2-17-41(18-3-1)58-46-21-6-8-23-48(46)60(49-24-9-7-22-47(49)58)43-36-37-57-56(38-43)54-30-15-31-55(62(54)63-57)61-52-27-12-10-25-50(52)59(51-26-11-13-28-53(51)61)42-34-32-40(33-35-42)45-29-14-19-39-16-4-5-20-44(39)45/h1-38,54,62H. The Kier molecular flexibility index (Phi) is 8.11. The van der Waals surface area contributed by atoms with Gasteiger partial charge >= 0.3 is 0 Å². The van der Waals surface area contributed by atoms with Crippen molar-refractivity contribution in [2.45, 2.75) is 12.0 Å². The lowest BCUT2D eigenvalue weighted by atomic mass is 9.79. The topological polar surface area (TPSA) is 9.23 Å². The van der Waals surface area contributed by atoms with E-state index in [4.69, 9.17) is 4.74 Å². The summed E-state index contributed by atoms with van der Waals surface area (Å²) >= 11 is 0. The predicted octanol–water partition coefficient (Wildman–Crippen LogP) is 16.6. The first-order valence-corrected chi connectivity index (χ1v) is 22.0. The fourth-order valence-electron chi connectivity index (χ4n) is 10.9. The van der Waals surface area contributed by atoms with E-state index in [1.165, 1.54) is 115 Å². The maximum Gasteiger partial charge on any atom is 0.135 e. The minimum Gasteiger partial charge on any atom is -0.484 e. The molecule has 0 aromatic heterocycles. The number of fused-ring (bicyclic) bond motifs is 8. The molecule has 1 aliphatic carbocycles. The molecule has 0 radical (unpaired) electrons. The van der Waals surface area contributed by atoms with E-state index in [0.717, 1.165) is 5.75 Å². The van der Waals surface area contributed by atoms with Gasteiger partial charge in [0.15, 0.2) is 0 Å². The summed E-state index contributed by atoms with van der Waals surface area (Å²) in [4.78, 5) is 0. The van der Waals surface area contributed by atoms with E-state index >= 15 is 0 Å². The average molecular weight is 801 g/mol. The lowest BCUT2D eigenvalue weighted by Gasteiger charge is -2.26. The summed E-state index contributed by atoms with van der Waals surface area (Å²) in [6.45, 7) is 0. The lowest BCUT2D eigenvalue weighted by Crippen LogP contribution is -2.21. The van der Waals surface area contributed by atoms with E-state index < -0.39 is 0 Å². The van der Waals surface area contributed by atoms with Gasteiger partial charge in [-0.1, -0.05) is 218 Å². The number of hydrogen-bond donors (Lipinski definition) is 0. The van der Waals surface area contributed by atoms with Crippen molar-refractivity contribution in [2.75, 3.05) is 0 Å². The van der Waals surface area contributed by atoms with Crippen molar-refractivity contribution >= 4 is 59.4 Å². The normalized spacial score (nSPS) is 15.5. The molecule has 63 heavy (non-hydrogen) atoms. The molecule has 0 N–H and O–H groups in total. The van der Waals surface area contributed by atoms with Crippen molar-refractivity contribution in [3.05, 3.63) is 242 Å². The quantitative estimate of drug-likeness (QED) is 0.158. The molecule has 0 bridgehead atoms. The first-order chi connectivity index (χ1) is 31.3. The maximum atomic E-state index is 7.10. The molecule has 1 heteroatoms. The van der Waals surface area contributed by atoms with E-state index in [0.29, 0.717) is 0 Å². The first kappa shape index (κ1) is 35.7. The van der Waals surface area contributed by atoms with Crippen LogP contribution < -0.4 is 4.74 Å². The summed E-state index contributed by atoms with van der Waals surface area (Å²) in [5.41, 5.74) is 13.6. The van der Waals surface area contributed by atoms with Gasteiger partial charge in [0, 0.05) is 17.1 Å². The Hall–Kier alpha value is -8.00. The molecule has 0 saturated carbocycles. The predicted molar refractivity (Wildman–Crippen MR) is 266 cm³/mol. The third kappa shape index (κ3) is 5.56. The minimum absolute atomic E-state index is 0.0693. The summed E-state index contributed by atoms with van der Waals surface area (Å²) in [5.74, 6) is 1.03. The molecule has 2 atom stereocenters. The van der Waals surface area contributed by atoms with Crippen molar-refractivity contribution in [2.24, 2.45) is 0 Å². The van der Waals surface area contributed by atoms with Gasteiger partial charge in [-0.3, -0.25) is 0 Å². The zero-order valence-corrected chi connectivity index (χ0v) is 34.5. The van der Waals surface area contributed by atoms with Crippen LogP contribution in [0.5, 0.6) is 5.75 Å². The second kappa shape index (κ2) is 14.3. The Morgan fingerprint density at radius 3 is 1.37 bits per heavy atom. The van der Waals surface area contributed by atoms with Crippen molar-refractivity contribution in [1.82, 2.24) is 0 Å². The number of allylic oxidation sites excluding steroid dienone is 2. The van der Waals surface area contributed by atoms with Crippen LogP contribution in [-0.2, 0) is 0 Å². The van der Waals surface area contributed by atoms with E-state index in [2.05, 4.69) is 231 Å². The summed E-state index contributed by atoms with van der Waals surface area (Å²) < 4.78 is 7.10. The van der Waals surface area contributed by atoms with Crippen LogP contribution in [0, 0.1) is 0 Å². The van der Waals surface area contributed by atoms with Crippen LogP contribution in [0.1, 0.15) is 17.0 Å². The van der Waals surface area contributed by atoms with Gasteiger partial charge in [-0.25, -0.2) is 0 Å². The van der Waals surface area contributed by atoms with Gasteiger partial charge < -0.3 is 4.74 Å². The van der Waals surface area contributed by atoms with Gasteiger partial charge in [0.05, 0.1) is 0 Å². The van der Waals surface area contributed by atoms with Crippen molar-refractivity contribution in [1.29, 1.82) is 0 Å². The van der Waals surface area contributed by atoms with Gasteiger partial charge in [0.25, 0.3) is 0 Å². The Balaban J connectivity index is 0.928. The highest BCUT2D eigenvalue weighted by molar-refractivity contribution is 6.22. The Bertz CT molecular complexity index is 3580. The molecule has 13 rings (SSSR count). The SMILES string of the molecule is C1=CC2c3cc(-c4c5ccccc5c(-c5ccccc5)c5ccccc45)ccc3OC2C(c2c3ccccc3c(-c3ccc(-c4cccc5ccccc45)cc3)c3ccccc23)=C1. The fourth-order valence-corrected chi connectivity index (χ4v) is 10.9. The molecular formula is C62H40O. The van der Waals surface area contributed by atoms with E-state index in [9.17, 15) is 0 Å². The van der Waals surface area contributed by atoms with Crippen molar-refractivity contribution < 1.29 is 4.74 Å². The molecule has 0 fully saturated rings. The molecule has 0 saturated heterocycles. The highest BCUT2D eigenvalue weighted by atomic mass is 16.5. The van der Waals surface area contributed by atoms with Gasteiger partial charge in [-0.2, -0.15) is 0 Å². The van der Waals surface area contributed by atoms with Gasteiger partial charge in [-0.05, 0) is 116 Å². The summed E-state index contributed by atoms with van der Waals surface area (Å²) in [7, 11) is 0. The molecule has 1 aliphatic heterocycles. The van der Waals surface area contributed by atoms with Crippen LogP contribution in [0.4, 0.5) is 0 Å². The van der Waals surface area contributed by atoms with Crippen LogP contribution in [-0.4, -0.2) is 6.10 Å². The van der Waals surface area contributed by atoms with Gasteiger partial charge in [-0.15, -0.1) is 0 Å². The fraction of sp³-hybridized carbons (Fsp3) is 0.0323. The molecule has 1 nitrogen and oxygen atoms in total. The van der Waals surface area contributed by atoms with Crippen LogP contribution in [0.3, 0.4) is 0 Å². The zero-order valence-electron chi connectivity index (χ0n) is 34.5. The molecule has 11 aromatic carbocycles. The van der Waals surface area contributed by atoms with Gasteiger partial charge in [0.2, 0.25) is 0 Å². The number of hydrogen-bond acceptors (Lipinski definition) is 1. The Labute approximate surface area is 366 Å². The van der Waals surface area contributed by atoms with Gasteiger partial charge in [0.1, 0.15) is 11.9 Å². The van der Waals surface area contributed by atoms with Crippen LogP contribution in [0.25, 0.3) is 104 Å². The maximum absolute atomic E-state index is 7.10. The largest absolute Gasteiger partial charge is 0.484 e. The highest BCUT2D eigenvalue weighted by Crippen LogP contribution is 2.52. The Morgan fingerprint density at radius 2 is 0.778 bits per heavy atom. The summed E-state index contributed by atoms with van der Waals surface area (Å²) in [5, 5.41) is 12.5. The van der Waals surface area contributed by atoms with E-state index in [1.54, 1.807) is 0 Å². The van der Waals surface area contributed by atoms with E-state index in [1.807, 2.05) is 0 Å². The second-order valence-corrected chi connectivity index (χ2v) is 17.0.